The van der Waals surface area contributed by atoms with Gasteiger partial charge in [0.1, 0.15) is 0 Å². The largest absolute Gasteiger partial charge is 0.0764 e. The molecule has 0 heteroatoms. The van der Waals surface area contributed by atoms with Gasteiger partial charge in [-0.25, -0.2) is 0 Å². The molecule has 47 heavy (non-hydrogen) atoms. The third-order valence-corrected chi connectivity index (χ3v) is 14.9. The SMILES string of the molecule is CC1(C)CCC(C)(C)C2=C[C@@H]3C(C=C21)C(C(c1ccccc1)(c1ccccc1)C1CCCC1)C1C=C2C(=C[C@@H]13)C(C)(C)CCC2(C)C. The van der Waals surface area contributed by atoms with Crippen molar-refractivity contribution in [1.29, 1.82) is 0 Å². The van der Waals surface area contributed by atoms with Gasteiger partial charge >= 0.3 is 0 Å². The standard InChI is InChI=1S/C47H60/c1-43(2)23-25-45(5,6)40-29-36-34(27-38(40)43)35-28-39-41(46(7,8)26-24-44(39,3)4)30-37(35)42(36)47(33-21-15-16-22-33,31-17-11-9-12-18-31)32-19-13-10-14-20-32/h9-14,17-20,27-30,33-37,42H,15-16,21-26H2,1-8H3/t34-,35+,36?,37?,42?. The summed E-state index contributed by atoms with van der Waals surface area (Å²) in [6.07, 6.45) is 22.1. The molecule has 4 saturated carbocycles. The fourth-order valence-corrected chi connectivity index (χ4v) is 12.1. The van der Waals surface area contributed by atoms with E-state index in [2.05, 4.69) is 140 Å². The van der Waals surface area contributed by atoms with Gasteiger partial charge in [-0.3, -0.25) is 0 Å². The predicted octanol–water partition coefficient (Wildman–Crippen LogP) is 12.7. The molecule has 0 radical (unpaired) electrons. The molecular weight excluding hydrogens is 565 g/mol. The summed E-state index contributed by atoms with van der Waals surface area (Å²) >= 11 is 0. The Bertz CT molecular complexity index is 1530. The van der Waals surface area contributed by atoms with Crippen LogP contribution >= 0.6 is 0 Å². The van der Waals surface area contributed by atoms with Gasteiger partial charge in [0.15, 0.2) is 0 Å². The van der Waals surface area contributed by atoms with Crippen LogP contribution in [0.5, 0.6) is 0 Å². The lowest BCUT2D eigenvalue weighted by Crippen LogP contribution is -2.48. The highest BCUT2D eigenvalue weighted by Gasteiger charge is 2.62. The van der Waals surface area contributed by atoms with Gasteiger partial charge in [0.25, 0.3) is 0 Å². The molecule has 0 N–H and O–H groups in total. The summed E-state index contributed by atoms with van der Waals surface area (Å²) in [6, 6.07) is 23.9. The molecule has 3 unspecified atom stereocenters. The maximum atomic E-state index is 2.91. The number of benzene rings is 2. The maximum Gasteiger partial charge on any atom is 0.0270 e. The maximum absolute atomic E-state index is 2.91. The molecule has 5 atom stereocenters. The van der Waals surface area contributed by atoms with Crippen molar-refractivity contribution in [2.45, 2.75) is 112 Å². The molecule has 4 fully saturated rings. The van der Waals surface area contributed by atoms with Gasteiger partial charge in [-0.1, -0.05) is 153 Å². The van der Waals surface area contributed by atoms with Gasteiger partial charge in [0.05, 0.1) is 0 Å². The van der Waals surface area contributed by atoms with Crippen molar-refractivity contribution in [3.05, 3.63) is 118 Å². The second-order valence-electron chi connectivity index (χ2n) is 19.3. The van der Waals surface area contributed by atoms with Gasteiger partial charge in [-0.15, -0.1) is 0 Å². The Balaban J connectivity index is 1.44. The van der Waals surface area contributed by atoms with Crippen molar-refractivity contribution in [1.82, 2.24) is 0 Å². The first-order chi connectivity index (χ1) is 22.3. The number of rotatable bonds is 4. The summed E-state index contributed by atoms with van der Waals surface area (Å²) < 4.78 is 0. The highest BCUT2D eigenvalue weighted by atomic mass is 14.7. The molecule has 0 amide bonds. The summed E-state index contributed by atoms with van der Waals surface area (Å²) in [7, 11) is 0. The van der Waals surface area contributed by atoms with Crippen LogP contribution in [-0.2, 0) is 5.41 Å². The van der Waals surface area contributed by atoms with Crippen molar-refractivity contribution >= 4 is 0 Å². The minimum atomic E-state index is -0.0329. The van der Waals surface area contributed by atoms with Gasteiger partial charge in [-0.2, -0.15) is 0 Å². The molecule has 6 aliphatic carbocycles. The Morgan fingerprint density at radius 1 is 0.447 bits per heavy atom. The minimum Gasteiger partial charge on any atom is -0.0764 e. The fraction of sp³-hybridized carbons (Fsp3) is 0.574. The van der Waals surface area contributed by atoms with Crippen molar-refractivity contribution in [3.63, 3.8) is 0 Å². The van der Waals surface area contributed by atoms with Crippen LogP contribution in [-0.4, -0.2) is 0 Å². The lowest BCUT2D eigenvalue weighted by atomic mass is 9.51. The third-order valence-electron chi connectivity index (χ3n) is 14.9. The van der Waals surface area contributed by atoms with Crippen LogP contribution in [0.4, 0.5) is 0 Å². The van der Waals surface area contributed by atoms with Crippen molar-refractivity contribution in [2.24, 2.45) is 57.2 Å². The van der Waals surface area contributed by atoms with E-state index in [1.807, 2.05) is 0 Å². The molecular formula is C47H60. The van der Waals surface area contributed by atoms with E-state index < -0.39 is 0 Å². The Hall–Kier alpha value is -2.60. The smallest absolute Gasteiger partial charge is 0.0270 e. The summed E-state index contributed by atoms with van der Waals surface area (Å²) in [6.45, 7) is 20.3. The molecule has 0 aliphatic heterocycles. The Labute approximate surface area is 286 Å². The summed E-state index contributed by atoms with van der Waals surface area (Å²) in [5.74, 6) is 3.25. The normalized spacial score (nSPS) is 33.3. The van der Waals surface area contributed by atoms with Crippen molar-refractivity contribution in [2.75, 3.05) is 0 Å². The molecule has 8 rings (SSSR count). The molecule has 0 aromatic heterocycles. The Morgan fingerprint density at radius 3 is 1.11 bits per heavy atom. The van der Waals surface area contributed by atoms with Crippen LogP contribution in [0.2, 0.25) is 0 Å². The lowest BCUT2D eigenvalue weighted by Gasteiger charge is -2.52. The molecule has 2 aromatic rings. The van der Waals surface area contributed by atoms with E-state index in [9.17, 15) is 0 Å². The number of hydrogen-bond acceptors (Lipinski definition) is 0. The number of allylic oxidation sites excluding steroid dienone is 8. The van der Waals surface area contributed by atoms with Gasteiger partial charge in [-0.05, 0) is 129 Å². The quantitative estimate of drug-likeness (QED) is 0.317. The number of hydrogen-bond donors (Lipinski definition) is 0. The van der Waals surface area contributed by atoms with Crippen molar-refractivity contribution in [3.8, 4) is 0 Å². The van der Waals surface area contributed by atoms with E-state index in [4.69, 9.17) is 0 Å². The average Bonchev–Trinajstić information content (AvgIpc) is 3.70. The van der Waals surface area contributed by atoms with Gasteiger partial charge in [0.2, 0.25) is 0 Å². The molecule has 0 bridgehead atoms. The van der Waals surface area contributed by atoms with Crippen LogP contribution in [0.1, 0.15) is 118 Å². The van der Waals surface area contributed by atoms with Crippen LogP contribution < -0.4 is 0 Å². The number of fused-ring (bicyclic) bond motifs is 5. The predicted molar refractivity (Wildman–Crippen MR) is 199 cm³/mol. The third kappa shape index (κ3) is 4.66. The molecule has 0 saturated heterocycles. The highest BCUT2D eigenvalue weighted by molar-refractivity contribution is 5.54. The van der Waals surface area contributed by atoms with E-state index >= 15 is 0 Å². The van der Waals surface area contributed by atoms with E-state index in [-0.39, 0.29) is 27.1 Å². The van der Waals surface area contributed by atoms with Crippen LogP contribution in [0.15, 0.2) is 107 Å². The Kier molecular flexibility index (Phi) is 7.21. The average molecular weight is 625 g/mol. The monoisotopic (exact) mass is 624 g/mol. The molecule has 0 heterocycles. The van der Waals surface area contributed by atoms with Gasteiger partial charge < -0.3 is 0 Å². The zero-order valence-electron chi connectivity index (χ0n) is 30.7. The van der Waals surface area contributed by atoms with Crippen LogP contribution in [0.25, 0.3) is 0 Å². The first-order valence-corrected chi connectivity index (χ1v) is 19.3. The van der Waals surface area contributed by atoms with Crippen LogP contribution in [0.3, 0.4) is 0 Å². The topological polar surface area (TPSA) is 0 Å². The highest BCUT2D eigenvalue weighted by Crippen LogP contribution is 2.69. The second-order valence-corrected chi connectivity index (χ2v) is 19.3. The van der Waals surface area contributed by atoms with Crippen LogP contribution in [0, 0.1) is 57.2 Å². The zero-order chi connectivity index (χ0) is 33.0. The van der Waals surface area contributed by atoms with Crippen molar-refractivity contribution < 1.29 is 0 Å². The van der Waals surface area contributed by atoms with E-state index in [1.54, 1.807) is 33.4 Å². The fourth-order valence-electron chi connectivity index (χ4n) is 12.1. The van der Waals surface area contributed by atoms with E-state index in [0.717, 1.165) is 0 Å². The molecule has 6 aliphatic rings. The summed E-state index contributed by atoms with van der Waals surface area (Å²) in [5.41, 5.74) is 10.7. The molecule has 0 spiro atoms. The van der Waals surface area contributed by atoms with E-state index in [1.165, 1.54) is 51.4 Å². The summed E-state index contributed by atoms with van der Waals surface area (Å²) in [5, 5.41) is 0. The zero-order valence-corrected chi connectivity index (χ0v) is 30.7. The first-order valence-electron chi connectivity index (χ1n) is 19.3. The molecule has 0 nitrogen and oxygen atoms in total. The lowest BCUT2D eigenvalue weighted by molar-refractivity contribution is 0.152. The summed E-state index contributed by atoms with van der Waals surface area (Å²) in [4.78, 5) is 0. The van der Waals surface area contributed by atoms with Gasteiger partial charge in [0, 0.05) is 5.41 Å². The molecule has 2 aromatic carbocycles. The Morgan fingerprint density at radius 2 is 0.766 bits per heavy atom. The minimum absolute atomic E-state index is 0.0329. The first kappa shape index (κ1) is 31.7. The van der Waals surface area contributed by atoms with E-state index in [0.29, 0.717) is 35.5 Å². The molecule has 248 valence electrons. The second kappa shape index (κ2) is 10.7.